The van der Waals surface area contributed by atoms with Gasteiger partial charge in [0.2, 0.25) is 0 Å². The first-order valence-electron chi connectivity index (χ1n) is 8.25. The first-order valence-corrected chi connectivity index (χ1v) is 9.69. The van der Waals surface area contributed by atoms with E-state index in [0.717, 1.165) is 0 Å². The lowest BCUT2D eigenvalue weighted by Crippen LogP contribution is -2.44. The zero-order chi connectivity index (χ0) is 18.9. The lowest BCUT2D eigenvalue weighted by molar-refractivity contribution is -0.142. The molecule has 26 heavy (non-hydrogen) atoms. The predicted octanol–water partition coefficient (Wildman–Crippen LogP) is 2.94. The van der Waals surface area contributed by atoms with Crippen molar-refractivity contribution in [3.05, 3.63) is 54.1 Å². The summed E-state index contributed by atoms with van der Waals surface area (Å²) in [6.45, 7) is 1.80. The smallest absolute Gasteiger partial charge is 0.313 e. The number of sulfonamides is 1. The Kier molecular flexibility index (Phi) is 4.91. The Morgan fingerprint density at radius 2 is 1.73 bits per heavy atom. The van der Waals surface area contributed by atoms with Crippen LogP contribution in [0.1, 0.15) is 24.8 Å². The maximum Gasteiger partial charge on any atom is 0.313 e. The van der Waals surface area contributed by atoms with Crippen molar-refractivity contribution < 1.29 is 22.7 Å². The van der Waals surface area contributed by atoms with Gasteiger partial charge in [-0.2, -0.15) is 0 Å². The number of methoxy groups -OCH3 is 2. The molecule has 0 amide bonds. The second-order valence-corrected chi connectivity index (χ2v) is 8.01. The highest BCUT2D eigenvalue weighted by Gasteiger charge is 2.40. The van der Waals surface area contributed by atoms with Crippen LogP contribution in [0.5, 0.6) is 5.75 Å². The van der Waals surface area contributed by atoms with E-state index in [9.17, 15) is 13.2 Å². The molecule has 6 nitrogen and oxygen atoms in total. The number of hydrogen-bond donors (Lipinski definition) is 0. The van der Waals surface area contributed by atoms with Crippen molar-refractivity contribution in [1.29, 1.82) is 0 Å². The molecule has 7 heteroatoms. The van der Waals surface area contributed by atoms with Gasteiger partial charge in [0.1, 0.15) is 5.75 Å². The zero-order valence-electron chi connectivity index (χ0n) is 14.9. The lowest BCUT2D eigenvalue weighted by Gasteiger charge is -2.38. The molecule has 0 spiro atoms. The predicted molar refractivity (Wildman–Crippen MR) is 97.9 cm³/mol. The van der Waals surface area contributed by atoms with E-state index in [1.165, 1.54) is 30.7 Å². The van der Waals surface area contributed by atoms with Crippen molar-refractivity contribution in [3.63, 3.8) is 0 Å². The Bertz CT molecular complexity index is 908. The third kappa shape index (κ3) is 3.03. The Morgan fingerprint density at radius 1 is 1.08 bits per heavy atom. The minimum absolute atomic E-state index is 0.177. The fraction of sp³-hybridized carbons (Fsp3) is 0.316. The fourth-order valence-corrected chi connectivity index (χ4v) is 5.07. The Balaban J connectivity index is 2.09. The molecule has 3 rings (SSSR count). The van der Waals surface area contributed by atoms with Crippen LogP contribution in [0.4, 0.5) is 5.69 Å². The third-order valence-electron chi connectivity index (χ3n) is 4.63. The van der Waals surface area contributed by atoms with Crippen molar-refractivity contribution in [2.24, 2.45) is 0 Å². The topological polar surface area (TPSA) is 72.9 Å². The molecule has 0 bridgehead atoms. The maximum absolute atomic E-state index is 13.3. The van der Waals surface area contributed by atoms with Crippen molar-refractivity contribution in [2.75, 3.05) is 18.5 Å². The summed E-state index contributed by atoms with van der Waals surface area (Å²) in [5.41, 5.74) is 1.17. The van der Waals surface area contributed by atoms with Crippen molar-refractivity contribution in [1.82, 2.24) is 0 Å². The van der Waals surface area contributed by atoms with E-state index in [-0.39, 0.29) is 16.9 Å². The molecule has 0 fully saturated rings. The number of anilines is 1. The van der Waals surface area contributed by atoms with Gasteiger partial charge in [0.05, 0.1) is 30.7 Å². The quantitative estimate of drug-likeness (QED) is 0.768. The molecule has 1 heterocycles. The number of para-hydroxylation sites is 1. The second-order valence-electron chi connectivity index (χ2n) is 6.20. The monoisotopic (exact) mass is 375 g/mol. The Labute approximate surface area is 153 Å². The summed E-state index contributed by atoms with van der Waals surface area (Å²) in [6.07, 6.45) is 0.360. The highest BCUT2D eigenvalue weighted by Crippen LogP contribution is 2.41. The molecule has 2 aromatic rings. The van der Waals surface area contributed by atoms with Gasteiger partial charge in [-0.1, -0.05) is 18.2 Å². The summed E-state index contributed by atoms with van der Waals surface area (Å²) in [5, 5.41) is 0. The molecule has 0 saturated heterocycles. The van der Waals surface area contributed by atoms with Crippen molar-refractivity contribution >= 4 is 21.7 Å². The standard InChI is InChI=1S/C19H21NO5S/c1-13-12-17(19(21)25-3)16-6-4-5-7-18(16)20(13)26(22,23)15-10-8-14(24-2)9-11-15/h4-11,13,17H,12H2,1-3H3. The summed E-state index contributed by atoms with van der Waals surface area (Å²) in [7, 11) is -0.909. The van der Waals surface area contributed by atoms with Crippen LogP contribution in [-0.2, 0) is 19.6 Å². The van der Waals surface area contributed by atoms with Gasteiger partial charge in [0.15, 0.2) is 0 Å². The molecule has 2 atom stereocenters. The molecule has 1 aliphatic rings. The number of fused-ring (bicyclic) bond motifs is 1. The third-order valence-corrected chi connectivity index (χ3v) is 6.57. The maximum atomic E-state index is 13.3. The molecule has 0 saturated carbocycles. The molecular formula is C19H21NO5S. The van der Waals surface area contributed by atoms with Gasteiger partial charge in [0.25, 0.3) is 10.0 Å². The first-order chi connectivity index (χ1) is 12.4. The molecule has 1 aliphatic heterocycles. The van der Waals surface area contributed by atoms with Crippen LogP contribution in [0, 0.1) is 0 Å². The summed E-state index contributed by atoms with van der Waals surface area (Å²) in [4.78, 5) is 12.3. The fourth-order valence-electron chi connectivity index (χ4n) is 3.38. The van der Waals surface area contributed by atoms with Crippen LogP contribution in [0.25, 0.3) is 0 Å². The van der Waals surface area contributed by atoms with E-state index >= 15 is 0 Å². The lowest BCUT2D eigenvalue weighted by atomic mass is 9.87. The SMILES string of the molecule is COC(=O)C1CC(C)N(S(=O)(=O)c2ccc(OC)cc2)c2ccccc21. The molecule has 0 radical (unpaired) electrons. The summed E-state index contributed by atoms with van der Waals surface area (Å²) in [5.74, 6) is -0.249. The number of carbonyl (C=O) groups is 1. The molecule has 0 N–H and O–H groups in total. The van der Waals surface area contributed by atoms with Gasteiger partial charge in [0, 0.05) is 6.04 Å². The molecule has 138 valence electrons. The Morgan fingerprint density at radius 3 is 2.35 bits per heavy atom. The van der Waals surface area contributed by atoms with Gasteiger partial charge in [-0.25, -0.2) is 8.42 Å². The number of nitrogens with zero attached hydrogens (tertiary/aromatic N) is 1. The normalized spacial score (nSPS) is 19.6. The zero-order valence-corrected chi connectivity index (χ0v) is 15.7. The van der Waals surface area contributed by atoms with E-state index in [0.29, 0.717) is 23.4 Å². The van der Waals surface area contributed by atoms with Gasteiger partial charge in [-0.15, -0.1) is 0 Å². The second kappa shape index (κ2) is 6.99. The van der Waals surface area contributed by atoms with Gasteiger partial charge in [-0.05, 0) is 49.2 Å². The largest absolute Gasteiger partial charge is 0.497 e. The van der Waals surface area contributed by atoms with Crippen LogP contribution in [-0.4, -0.2) is 34.6 Å². The number of carbonyl (C=O) groups excluding carboxylic acids is 1. The van der Waals surface area contributed by atoms with E-state index in [1.807, 2.05) is 0 Å². The minimum Gasteiger partial charge on any atom is -0.497 e. The van der Waals surface area contributed by atoms with E-state index in [4.69, 9.17) is 9.47 Å². The average molecular weight is 375 g/mol. The first kappa shape index (κ1) is 18.3. The number of ether oxygens (including phenoxy) is 2. The Hall–Kier alpha value is -2.54. The number of rotatable bonds is 4. The highest BCUT2D eigenvalue weighted by atomic mass is 32.2. The summed E-state index contributed by atoms with van der Waals surface area (Å²) >= 11 is 0. The average Bonchev–Trinajstić information content (AvgIpc) is 2.66. The van der Waals surface area contributed by atoms with Crippen LogP contribution in [0.15, 0.2) is 53.4 Å². The number of hydrogen-bond acceptors (Lipinski definition) is 5. The van der Waals surface area contributed by atoms with Gasteiger partial charge in [-0.3, -0.25) is 9.10 Å². The van der Waals surface area contributed by atoms with E-state index < -0.39 is 15.9 Å². The molecule has 0 aliphatic carbocycles. The van der Waals surface area contributed by atoms with Crippen LogP contribution in [0.2, 0.25) is 0 Å². The number of benzene rings is 2. The minimum atomic E-state index is -3.78. The molecule has 2 aromatic carbocycles. The molecule has 2 unspecified atom stereocenters. The molecular weight excluding hydrogens is 354 g/mol. The van der Waals surface area contributed by atoms with Crippen molar-refractivity contribution in [3.8, 4) is 5.75 Å². The van der Waals surface area contributed by atoms with Gasteiger partial charge >= 0.3 is 5.97 Å². The van der Waals surface area contributed by atoms with E-state index in [1.54, 1.807) is 43.3 Å². The van der Waals surface area contributed by atoms with Gasteiger partial charge < -0.3 is 9.47 Å². The van der Waals surface area contributed by atoms with Crippen LogP contribution in [0.3, 0.4) is 0 Å². The molecule has 0 aromatic heterocycles. The summed E-state index contributed by atoms with van der Waals surface area (Å²) < 4.78 is 37.9. The van der Waals surface area contributed by atoms with E-state index in [2.05, 4.69) is 0 Å². The number of esters is 1. The highest BCUT2D eigenvalue weighted by molar-refractivity contribution is 7.92. The summed E-state index contributed by atoms with van der Waals surface area (Å²) in [6, 6.07) is 13.0. The van der Waals surface area contributed by atoms with Crippen molar-refractivity contribution in [2.45, 2.75) is 30.2 Å². The van der Waals surface area contributed by atoms with Crippen LogP contribution < -0.4 is 9.04 Å². The van der Waals surface area contributed by atoms with Crippen LogP contribution >= 0.6 is 0 Å².